The molecule has 2 aromatic rings. The van der Waals surface area contributed by atoms with Crippen LogP contribution < -0.4 is 0 Å². The number of phenolic OH excluding ortho intramolecular Hbond substituents is 1. The second-order valence-corrected chi connectivity index (χ2v) is 5.60. The molecule has 0 saturated heterocycles. The van der Waals surface area contributed by atoms with Gasteiger partial charge in [0, 0.05) is 6.54 Å². The quantitative estimate of drug-likeness (QED) is 0.920. The largest absolute Gasteiger partial charge is 0.508 e. The van der Waals surface area contributed by atoms with Gasteiger partial charge in [-0.2, -0.15) is 0 Å². The van der Waals surface area contributed by atoms with Crippen molar-refractivity contribution in [2.24, 2.45) is 0 Å². The van der Waals surface area contributed by atoms with Gasteiger partial charge in [-0.15, -0.1) is 0 Å². The fourth-order valence-electron chi connectivity index (χ4n) is 2.96. The van der Waals surface area contributed by atoms with Crippen LogP contribution in [-0.4, -0.2) is 30.6 Å². The minimum Gasteiger partial charge on any atom is -0.508 e. The average molecular weight is 265 g/mol. The Kier molecular flexibility index (Phi) is 3.33. The normalized spacial score (nSPS) is 13.9. The van der Waals surface area contributed by atoms with Gasteiger partial charge in [0.1, 0.15) is 5.75 Å². The number of hydrogen-bond donors (Lipinski definition) is 1. The molecule has 2 aromatic carbocycles. The Morgan fingerprint density at radius 1 is 1.05 bits per heavy atom. The molecule has 0 fully saturated rings. The molecule has 1 aliphatic carbocycles. The summed E-state index contributed by atoms with van der Waals surface area (Å²) in [6.07, 6.45) is 0.999. The number of fused-ring (bicyclic) bond motifs is 1. The Balaban J connectivity index is 2.14. The molecule has 102 valence electrons. The maximum Gasteiger partial charge on any atom is 0.116 e. The summed E-state index contributed by atoms with van der Waals surface area (Å²) < 4.78 is 0. The monoisotopic (exact) mass is 265 g/mol. The molecule has 0 amide bonds. The highest BCUT2D eigenvalue weighted by molar-refractivity contribution is 5.87. The predicted molar refractivity (Wildman–Crippen MR) is 82.8 cm³/mol. The molecular weight excluding hydrogens is 246 g/mol. The smallest absolute Gasteiger partial charge is 0.116 e. The first-order valence-electron chi connectivity index (χ1n) is 6.89. The Labute approximate surface area is 120 Å². The Morgan fingerprint density at radius 2 is 1.85 bits per heavy atom. The minimum absolute atomic E-state index is 0.323. The summed E-state index contributed by atoms with van der Waals surface area (Å²) in [5, 5.41) is 9.76. The summed E-state index contributed by atoms with van der Waals surface area (Å²) in [6.45, 7) is 0.944. The molecule has 0 heterocycles. The first kappa shape index (κ1) is 12.9. The van der Waals surface area contributed by atoms with Crippen molar-refractivity contribution in [3.05, 3.63) is 70.8 Å². The van der Waals surface area contributed by atoms with Gasteiger partial charge in [0.15, 0.2) is 0 Å². The molecule has 2 heteroatoms. The summed E-state index contributed by atoms with van der Waals surface area (Å²) in [6, 6.07) is 16.1. The van der Waals surface area contributed by atoms with E-state index in [1.54, 1.807) is 6.07 Å². The zero-order valence-corrected chi connectivity index (χ0v) is 11.9. The van der Waals surface area contributed by atoms with E-state index in [0.29, 0.717) is 5.75 Å². The topological polar surface area (TPSA) is 23.5 Å². The highest BCUT2D eigenvalue weighted by atomic mass is 16.3. The number of nitrogens with zero attached hydrogens (tertiary/aromatic N) is 1. The van der Waals surface area contributed by atoms with Crippen LogP contribution in [0.1, 0.15) is 16.7 Å². The van der Waals surface area contributed by atoms with Gasteiger partial charge in [0.2, 0.25) is 0 Å². The molecule has 3 rings (SSSR count). The van der Waals surface area contributed by atoms with Gasteiger partial charge in [-0.05, 0) is 60.5 Å². The Morgan fingerprint density at radius 3 is 2.60 bits per heavy atom. The number of aromatic hydroxyl groups is 1. The van der Waals surface area contributed by atoms with Crippen LogP contribution in [-0.2, 0) is 6.42 Å². The van der Waals surface area contributed by atoms with Gasteiger partial charge < -0.3 is 10.0 Å². The highest BCUT2D eigenvalue weighted by Crippen LogP contribution is 2.38. The molecule has 0 saturated carbocycles. The van der Waals surface area contributed by atoms with E-state index in [-0.39, 0.29) is 0 Å². The van der Waals surface area contributed by atoms with Crippen molar-refractivity contribution in [1.82, 2.24) is 4.90 Å². The number of rotatable bonds is 3. The van der Waals surface area contributed by atoms with Gasteiger partial charge in [0.05, 0.1) is 0 Å². The van der Waals surface area contributed by atoms with Crippen molar-refractivity contribution >= 4 is 5.57 Å². The fraction of sp³-hybridized carbons (Fsp3) is 0.222. The third-order valence-electron chi connectivity index (χ3n) is 3.69. The molecule has 0 aromatic heterocycles. The molecule has 1 aliphatic rings. The van der Waals surface area contributed by atoms with Gasteiger partial charge in [-0.1, -0.05) is 36.4 Å². The summed E-state index contributed by atoms with van der Waals surface area (Å²) in [5.74, 6) is 0.323. The molecule has 0 atom stereocenters. The maximum absolute atomic E-state index is 9.76. The second kappa shape index (κ2) is 5.14. The van der Waals surface area contributed by atoms with Crippen LogP contribution in [0, 0.1) is 0 Å². The van der Waals surface area contributed by atoms with Gasteiger partial charge in [0.25, 0.3) is 0 Å². The standard InChI is InChI=1S/C18H19NO/c1-19(2)12-15-10-13-6-3-4-9-17(13)18(15)14-7-5-8-16(20)11-14/h3-9,11,20H,10,12H2,1-2H3. The molecular formula is C18H19NO. The van der Waals surface area contributed by atoms with Crippen molar-refractivity contribution in [2.45, 2.75) is 6.42 Å². The van der Waals surface area contributed by atoms with E-state index in [1.807, 2.05) is 12.1 Å². The lowest BCUT2D eigenvalue weighted by molar-refractivity contribution is 0.443. The van der Waals surface area contributed by atoms with Crippen molar-refractivity contribution in [2.75, 3.05) is 20.6 Å². The Hall–Kier alpha value is -2.06. The second-order valence-electron chi connectivity index (χ2n) is 5.60. The van der Waals surface area contributed by atoms with E-state index >= 15 is 0 Å². The van der Waals surface area contributed by atoms with Crippen LogP contribution >= 0.6 is 0 Å². The molecule has 0 aliphatic heterocycles. The minimum atomic E-state index is 0.323. The van der Waals surface area contributed by atoms with Crippen molar-refractivity contribution in [3.8, 4) is 5.75 Å². The van der Waals surface area contributed by atoms with E-state index in [4.69, 9.17) is 0 Å². The van der Waals surface area contributed by atoms with Crippen molar-refractivity contribution < 1.29 is 5.11 Å². The number of phenols is 1. The molecule has 0 spiro atoms. The van der Waals surface area contributed by atoms with Gasteiger partial charge in [-0.3, -0.25) is 0 Å². The van der Waals surface area contributed by atoms with Gasteiger partial charge >= 0.3 is 0 Å². The number of likely N-dealkylation sites (N-methyl/N-ethyl adjacent to an activating group) is 1. The summed E-state index contributed by atoms with van der Waals surface area (Å²) in [7, 11) is 4.19. The third-order valence-corrected chi connectivity index (χ3v) is 3.69. The number of benzene rings is 2. The first-order valence-corrected chi connectivity index (χ1v) is 6.89. The lowest BCUT2D eigenvalue weighted by Crippen LogP contribution is -2.15. The van der Waals surface area contributed by atoms with Gasteiger partial charge in [-0.25, -0.2) is 0 Å². The third kappa shape index (κ3) is 2.35. The van der Waals surface area contributed by atoms with Crippen LogP contribution in [0.3, 0.4) is 0 Å². The van der Waals surface area contributed by atoms with Crippen LogP contribution in [0.5, 0.6) is 5.75 Å². The lowest BCUT2D eigenvalue weighted by atomic mass is 9.97. The molecule has 0 radical (unpaired) electrons. The lowest BCUT2D eigenvalue weighted by Gasteiger charge is -2.14. The summed E-state index contributed by atoms with van der Waals surface area (Å²) in [4.78, 5) is 2.20. The molecule has 2 nitrogen and oxygen atoms in total. The number of hydrogen-bond acceptors (Lipinski definition) is 2. The Bertz CT molecular complexity index is 671. The van der Waals surface area contributed by atoms with Crippen LogP contribution in [0.4, 0.5) is 0 Å². The van der Waals surface area contributed by atoms with E-state index in [2.05, 4.69) is 49.3 Å². The summed E-state index contributed by atoms with van der Waals surface area (Å²) in [5.41, 5.74) is 6.48. The van der Waals surface area contributed by atoms with Crippen LogP contribution in [0.25, 0.3) is 5.57 Å². The van der Waals surface area contributed by atoms with Crippen molar-refractivity contribution in [3.63, 3.8) is 0 Å². The van der Waals surface area contributed by atoms with E-state index < -0.39 is 0 Å². The first-order chi connectivity index (χ1) is 9.65. The van der Waals surface area contributed by atoms with E-state index in [1.165, 1.54) is 22.3 Å². The van der Waals surface area contributed by atoms with Crippen LogP contribution in [0.2, 0.25) is 0 Å². The molecule has 20 heavy (non-hydrogen) atoms. The molecule has 0 bridgehead atoms. The highest BCUT2D eigenvalue weighted by Gasteiger charge is 2.22. The SMILES string of the molecule is CN(C)CC1=C(c2cccc(O)c2)c2ccccc2C1. The summed E-state index contributed by atoms with van der Waals surface area (Å²) >= 11 is 0. The fourth-order valence-corrected chi connectivity index (χ4v) is 2.96. The maximum atomic E-state index is 9.76. The van der Waals surface area contributed by atoms with Crippen LogP contribution in [0.15, 0.2) is 54.1 Å². The zero-order valence-electron chi connectivity index (χ0n) is 11.9. The van der Waals surface area contributed by atoms with Crippen molar-refractivity contribution in [1.29, 1.82) is 0 Å². The average Bonchev–Trinajstić information content (AvgIpc) is 2.75. The zero-order chi connectivity index (χ0) is 14.1. The van der Waals surface area contributed by atoms with E-state index in [0.717, 1.165) is 18.5 Å². The predicted octanol–water partition coefficient (Wildman–Crippen LogP) is 3.31. The van der Waals surface area contributed by atoms with E-state index in [9.17, 15) is 5.11 Å². The molecule has 1 N–H and O–H groups in total. The molecule has 0 unspecified atom stereocenters.